The molecule has 0 aliphatic carbocycles. The molecule has 0 aliphatic heterocycles. The Balaban J connectivity index is 2.46. The molecule has 0 radical (unpaired) electrons. The minimum Gasteiger partial charge on any atom is -0.468 e. The van der Waals surface area contributed by atoms with Crippen LogP contribution in [0.1, 0.15) is 5.56 Å². The minimum atomic E-state index is -3.01. The summed E-state index contributed by atoms with van der Waals surface area (Å²) in [5, 5.41) is 1.49. The summed E-state index contributed by atoms with van der Waals surface area (Å²) in [6.45, 7) is -0.659. The van der Waals surface area contributed by atoms with Gasteiger partial charge in [0.2, 0.25) is 0 Å². The molecule has 1 unspecified atom stereocenters. The van der Waals surface area contributed by atoms with Gasteiger partial charge in [-0.15, -0.1) is 11.6 Å². The highest BCUT2D eigenvalue weighted by molar-refractivity contribution is 6.30. The number of ether oxygens (including phenoxy) is 1. The zero-order chi connectivity index (χ0) is 13.6. The molecule has 0 fully saturated rings. The van der Waals surface area contributed by atoms with Gasteiger partial charge in [0.15, 0.2) is 0 Å². The lowest BCUT2D eigenvalue weighted by atomic mass is 10.1. The second-order valence-corrected chi connectivity index (χ2v) is 4.22. The molecule has 1 aromatic carbocycles. The highest BCUT2D eigenvalue weighted by atomic mass is 35.5. The number of methoxy groups -OCH3 is 1. The lowest BCUT2D eigenvalue weighted by molar-refractivity contribution is -0.140. The third-order valence-corrected chi connectivity index (χ3v) is 2.66. The quantitative estimate of drug-likeness (QED) is 0.640. The van der Waals surface area contributed by atoms with Gasteiger partial charge in [-0.25, -0.2) is 0 Å². The Morgan fingerprint density at radius 1 is 1.44 bits per heavy atom. The van der Waals surface area contributed by atoms with E-state index < -0.39 is 23.8 Å². The lowest BCUT2D eigenvalue weighted by Gasteiger charge is -2.18. The van der Waals surface area contributed by atoms with E-state index in [0.717, 1.165) is 0 Å². The number of rotatable bonds is 6. The Morgan fingerprint density at radius 2 is 2.06 bits per heavy atom. The third-order valence-electron chi connectivity index (χ3n) is 2.32. The van der Waals surface area contributed by atoms with E-state index in [1.54, 1.807) is 18.2 Å². The summed E-state index contributed by atoms with van der Waals surface area (Å²) in [5.41, 5.74) is -0.0818. The number of carbonyl (C=O) groups excluding carboxylic acids is 1. The largest absolute Gasteiger partial charge is 0.468 e. The average molecular weight is 278 g/mol. The summed E-state index contributed by atoms with van der Waals surface area (Å²) in [6.07, 6.45) is 0. The van der Waals surface area contributed by atoms with Crippen molar-refractivity contribution in [3.63, 3.8) is 0 Å². The molecule has 18 heavy (non-hydrogen) atoms. The Labute approximate surface area is 109 Å². The molecule has 0 bridgehead atoms. The van der Waals surface area contributed by atoms with Crippen molar-refractivity contribution in [1.82, 2.24) is 5.32 Å². The molecule has 100 valence electrons. The first-order valence-electron chi connectivity index (χ1n) is 5.33. The topological polar surface area (TPSA) is 38.3 Å². The van der Waals surface area contributed by atoms with Crippen molar-refractivity contribution in [2.75, 3.05) is 20.2 Å². The molecule has 0 amide bonds. The smallest absolute Gasteiger partial charge is 0.325 e. The van der Waals surface area contributed by atoms with E-state index in [1.807, 2.05) is 0 Å². The summed E-state index contributed by atoms with van der Waals surface area (Å²) in [6, 6.07) is 7.45. The molecule has 0 aromatic heterocycles. The van der Waals surface area contributed by atoms with E-state index in [4.69, 9.17) is 11.6 Å². The van der Waals surface area contributed by atoms with Crippen LogP contribution in [0.5, 0.6) is 0 Å². The van der Waals surface area contributed by atoms with Gasteiger partial charge in [-0.05, 0) is 0 Å². The van der Waals surface area contributed by atoms with E-state index in [9.17, 15) is 13.6 Å². The van der Waals surface area contributed by atoms with Crippen LogP contribution in [-0.4, -0.2) is 31.5 Å². The summed E-state index contributed by atoms with van der Waals surface area (Å²) >= 11 is 5.62. The van der Waals surface area contributed by atoms with E-state index >= 15 is 0 Å². The van der Waals surface area contributed by atoms with E-state index in [-0.39, 0.29) is 12.1 Å². The van der Waals surface area contributed by atoms with E-state index in [1.165, 1.54) is 19.2 Å². The second-order valence-electron chi connectivity index (χ2n) is 3.69. The second kappa shape index (κ2) is 6.66. The fourth-order valence-corrected chi connectivity index (χ4v) is 1.55. The molecule has 3 nitrogen and oxygen atoms in total. The molecule has 0 saturated heterocycles. The molecule has 0 spiro atoms. The Hall–Kier alpha value is -1.20. The minimum absolute atomic E-state index is 0.0728. The van der Waals surface area contributed by atoms with Gasteiger partial charge >= 0.3 is 5.97 Å². The van der Waals surface area contributed by atoms with Gasteiger partial charge in [0.1, 0.15) is 5.38 Å². The number of esters is 1. The van der Waals surface area contributed by atoms with Crippen molar-refractivity contribution in [1.29, 1.82) is 0 Å². The maximum absolute atomic E-state index is 13.7. The van der Waals surface area contributed by atoms with Gasteiger partial charge in [-0.1, -0.05) is 30.3 Å². The van der Waals surface area contributed by atoms with Crippen LogP contribution in [0.4, 0.5) is 8.78 Å². The molecule has 1 aromatic rings. The van der Waals surface area contributed by atoms with Gasteiger partial charge in [0.05, 0.1) is 13.7 Å². The molecule has 1 N–H and O–H groups in total. The molecule has 6 heteroatoms. The first-order valence-corrected chi connectivity index (χ1v) is 5.77. The first-order chi connectivity index (χ1) is 8.47. The van der Waals surface area contributed by atoms with Gasteiger partial charge in [-0.3, -0.25) is 4.79 Å². The first kappa shape index (κ1) is 14.9. The van der Waals surface area contributed by atoms with E-state index in [2.05, 4.69) is 10.1 Å². The van der Waals surface area contributed by atoms with Gasteiger partial charge in [-0.2, -0.15) is 8.78 Å². The number of hydrogen-bond acceptors (Lipinski definition) is 3. The van der Waals surface area contributed by atoms with Gasteiger partial charge in [0, 0.05) is 12.1 Å². The number of alkyl halides is 3. The van der Waals surface area contributed by atoms with Crippen molar-refractivity contribution in [2.24, 2.45) is 0 Å². The molecule has 0 saturated carbocycles. The average Bonchev–Trinajstić information content (AvgIpc) is 2.38. The van der Waals surface area contributed by atoms with Crippen LogP contribution in [0.3, 0.4) is 0 Å². The standard InChI is InChI=1S/C12H14ClF2NO2/c1-18-11(17)10(13)7-16-8-12(14,15)9-5-3-2-4-6-9/h2-6,10,16H,7-8H2,1H3. The fourth-order valence-electron chi connectivity index (χ4n) is 1.35. The summed E-state index contributed by atoms with van der Waals surface area (Å²) in [4.78, 5) is 11.0. The summed E-state index contributed by atoms with van der Waals surface area (Å²) < 4.78 is 31.7. The van der Waals surface area contributed by atoms with Gasteiger partial charge in [0.25, 0.3) is 5.92 Å². The lowest BCUT2D eigenvalue weighted by Crippen LogP contribution is -2.36. The zero-order valence-electron chi connectivity index (χ0n) is 9.83. The SMILES string of the molecule is COC(=O)C(Cl)CNCC(F)(F)c1ccccc1. The van der Waals surface area contributed by atoms with Crippen molar-refractivity contribution >= 4 is 17.6 Å². The van der Waals surface area contributed by atoms with Crippen molar-refractivity contribution in [3.8, 4) is 0 Å². The van der Waals surface area contributed by atoms with Crippen LogP contribution < -0.4 is 5.32 Å². The number of carbonyl (C=O) groups is 1. The summed E-state index contributed by atoms with van der Waals surface area (Å²) in [5.74, 6) is -3.65. The van der Waals surface area contributed by atoms with Crippen molar-refractivity contribution < 1.29 is 18.3 Å². The van der Waals surface area contributed by atoms with Crippen LogP contribution in [0.15, 0.2) is 30.3 Å². The summed E-state index contributed by atoms with van der Waals surface area (Å²) in [7, 11) is 1.19. The van der Waals surface area contributed by atoms with Crippen LogP contribution in [0, 0.1) is 0 Å². The monoisotopic (exact) mass is 277 g/mol. The predicted molar refractivity (Wildman–Crippen MR) is 64.9 cm³/mol. The molecule has 1 rings (SSSR count). The molecule has 1 atom stereocenters. The van der Waals surface area contributed by atoms with Gasteiger partial charge < -0.3 is 10.1 Å². The van der Waals surface area contributed by atoms with Crippen molar-refractivity contribution in [3.05, 3.63) is 35.9 Å². The maximum Gasteiger partial charge on any atom is 0.325 e. The fraction of sp³-hybridized carbons (Fsp3) is 0.417. The van der Waals surface area contributed by atoms with Crippen molar-refractivity contribution in [2.45, 2.75) is 11.3 Å². The number of halogens is 3. The Bertz CT molecular complexity index is 387. The van der Waals surface area contributed by atoms with Crippen LogP contribution >= 0.6 is 11.6 Å². The van der Waals surface area contributed by atoms with Crippen LogP contribution in [0.25, 0.3) is 0 Å². The number of benzene rings is 1. The predicted octanol–water partition coefficient (Wildman–Crippen LogP) is 2.15. The molecular weight excluding hydrogens is 264 g/mol. The Kier molecular flexibility index (Phi) is 5.50. The maximum atomic E-state index is 13.7. The van der Waals surface area contributed by atoms with E-state index in [0.29, 0.717) is 0 Å². The molecule has 0 aliphatic rings. The molecule has 0 heterocycles. The Morgan fingerprint density at radius 3 is 2.61 bits per heavy atom. The van der Waals surface area contributed by atoms with Crippen LogP contribution in [-0.2, 0) is 15.5 Å². The number of nitrogens with one attached hydrogen (secondary N) is 1. The third kappa shape index (κ3) is 4.23. The molecular formula is C12H14ClF2NO2. The number of hydrogen-bond donors (Lipinski definition) is 1. The zero-order valence-corrected chi connectivity index (χ0v) is 10.6. The van der Waals surface area contributed by atoms with Crippen LogP contribution in [0.2, 0.25) is 0 Å². The highest BCUT2D eigenvalue weighted by Crippen LogP contribution is 2.26. The normalized spacial score (nSPS) is 13.1. The highest BCUT2D eigenvalue weighted by Gasteiger charge is 2.31.